The molecule has 0 aliphatic heterocycles. The fourth-order valence-electron chi connectivity index (χ4n) is 4.29. The first-order valence-corrected chi connectivity index (χ1v) is 13.1. The number of hydrogen-bond donors (Lipinski definition) is 2. The number of urea groups is 1. The van der Waals surface area contributed by atoms with Gasteiger partial charge in [-0.15, -0.1) is 0 Å². The average molecular weight is 517 g/mol. The Bertz CT molecular complexity index is 1300. The average Bonchev–Trinajstić information content (AvgIpc) is 3.33. The number of unbranched alkanes of at least 4 members (excludes halogenated alkanes) is 1. The van der Waals surface area contributed by atoms with Crippen molar-refractivity contribution in [3.8, 4) is 0 Å². The summed E-state index contributed by atoms with van der Waals surface area (Å²) >= 11 is 5.97. The molecule has 4 aromatic rings. The van der Waals surface area contributed by atoms with E-state index in [1.165, 1.54) is 10.9 Å². The van der Waals surface area contributed by atoms with Crippen molar-refractivity contribution in [3.05, 3.63) is 101 Å². The third-order valence-corrected chi connectivity index (χ3v) is 6.64. The highest BCUT2D eigenvalue weighted by molar-refractivity contribution is 6.30. The van der Waals surface area contributed by atoms with Gasteiger partial charge in [-0.25, -0.2) is 4.79 Å². The van der Waals surface area contributed by atoms with Crippen LogP contribution >= 0.6 is 11.6 Å². The Hall–Kier alpha value is -3.77. The van der Waals surface area contributed by atoms with Gasteiger partial charge in [0.1, 0.15) is 6.54 Å². The van der Waals surface area contributed by atoms with Gasteiger partial charge in [0.05, 0.1) is 0 Å². The maximum atomic E-state index is 13.6. The smallest absolute Gasteiger partial charge is 0.322 e. The molecule has 4 rings (SSSR count). The molecule has 37 heavy (non-hydrogen) atoms. The molecule has 0 aliphatic carbocycles. The van der Waals surface area contributed by atoms with E-state index in [0.717, 1.165) is 23.9 Å². The van der Waals surface area contributed by atoms with E-state index in [1.807, 2.05) is 53.6 Å². The van der Waals surface area contributed by atoms with Gasteiger partial charge in [0, 0.05) is 47.4 Å². The lowest BCUT2D eigenvalue weighted by atomic mass is 10.1. The van der Waals surface area contributed by atoms with Crippen LogP contribution in [0.3, 0.4) is 0 Å². The summed E-state index contributed by atoms with van der Waals surface area (Å²) in [5.74, 6) is -0.0777. The number of carbonyl (C=O) groups is 2. The predicted octanol–water partition coefficient (Wildman–Crippen LogP) is 6.73. The molecule has 0 bridgehead atoms. The molecule has 2 N–H and O–H groups in total. The van der Waals surface area contributed by atoms with Crippen LogP contribution in [0.25, 0.3) is 10.9 Å². The number of aromatic amines is 1. The van der Waals surface area contributed by atoms with E-state index in [4.69, 9.17) is 11.6 Å². The minimum absolute atomic E-state index is 0.0140. The Morgan fingerprint density at radius 3 is 2.38 bits per heavy atom. The molecule has 7 heteroatoms. The van der Waals surface area contributed by atoms with E-state index in [0.29, 0.717) is 36.8 Å². The minimum atomic E-state index is -0.291. The number of nitrogens with zero attached hydrogens (tertiary/aromatic N) is 2. The van der Waals surface area contributed by atoms with Gasteiger partial charge >= 0.3 is 6.03 Å². The molecule has 192 valence electrons. The highest BCUT2D eigenvalue weighted by Gasteiger charge is 2.22. The van der Waals surface area contributed by atoms with Crippen LogP contribution in [0.15, 0.2) is 85.1 Å². The minimum Gasteiger partial charge on any atom is -0.361 e. The van der Waals surface area contributed by atoms with Crippen molar-refractivity contribution in [3.63, 3.8) is 0 Å². The molecular formula is C30H33ClN4O2. The number of aromatic nitrogens is 1. The number of amides is 3. The highest BCUT2D eigenvalue weighted by Crippen LogP contribution is 2.19. The number of nitrogens with one attached hydrogen (secondary N) is 2. The second-order valence-corrected chi connectivity index (χ2v) is 9.56. The van der Waals surface area contributed by atoms with Gasteiger partial charge in [0.15, 0.2) is 0 Å². The zero-order valence-electron chi connectivity index (χ0n) is 21.1. The lowest BCUT2D eigenvalue weighted by molar-refractivity contribution is -0.132. The molecule has 0 fully saturated rings. The van der Waals surface area contributed by atoms with E-state index < -0.39 is 0 Å². The van der Waals surface area contributed by atoms with E-state index in [2.05, 4.69) is 29.4 Å². The van der Waals surface area contributed by atoms with Gasteiger partial charge in [0.25, 0.3) is 0 Å². The Morgan fingerprint density at radius 1 is 0.892 bits per heavy atom. The summed E-state index contributed by atoms with van der Waals surface area (Å²) in [5.41, 5.74) is 3.96. The number of rotatable bonds is 11. The number of fused-ring (bicyclic) bond motifs is 1. The number of H-pyrrole nitrogens is 1. The van der Waals surface area contributed by atoms with Gasteiger partial charge in [-0.2, -0.15) is 0 Å². The van der Waals surface area contributed by atoms with Gasteiger partial charge in [-0.3, -0.25) is 4.79 Å². The largest absolute Gasteiger partial charge is 0.361 e. The molecular weight excluding hydrogens is 484 g/mol. The third kappa shape index (κ3) is 7.37. The van der Waals surface area contributed by atoms with Gasteiger partial charge in [-0.05, 0) is 54.3 Å². The van der Waals surface area contributed by atoms with E-state index in [1.54, 1.807) is 29.2 Å². The van der Waals surface area contributed by atoms with Crippen LogP contribution in [-0.4, -0.2) is 46.4 Å². The predicted molar refractivity (Wildman–Crippen MR) is 151 cm³/mol. The fraction of sp³-hybridized carbons (Fsp3) is 0.267. The molecule has 0 unspecified atom stereocenters. The van der Waals surface area contributed by atoms with E-state index in [9.17, 15) is 9.59 Å². The molecule has 6 nitrogen and oxygen atoms in total. The monoisotopic (exact) mass is 516 g/mol. The normalized spacial score (nSPS) is 10.9. The van der Waals surface area contributed by atoms with Crippen molar-refractivity contribution < 1.29 is 9.59 Å². The summed E-state index contributed by atoms with van der Waals surface area (Å²) in [6, 6.07) is 24.8. The Balaban J connectivity index is 1.48. The SMILES string of the molecule is CCCCN(CC(=O)N(CCc1c[nH]c2ccccc12)Cc1ccccc1)C(=O)Nc1ccc(Cl)cc1. The summed E-state index contributed by atoms with van der Waals surface area (Å²) in [7, 11) is 0. The summed E-state index contributed by atoms with van der Waals surface area (Å²) in [6.45, 7) is 3.63. The molecule has 0 atom stereocenters. The molecule has 0 spiro atoms. The van der Waals surface area contributed by atoms with Crippen molar-refractivity contribution in [2.45, 2.75) is 32.7 Å². The van der Waals surface area contributed by atoms with Crippen LogP contribution in [0.1, 0.15) is 30.9 Å². The first-order chi connectivity index (χ1) is 18.0. The maximum Gasteiger partial charge on any atom is 0.322 e. The van der Waals surface area contributed by atoms with E-state index >= 15 is 0 Å². The zero-order valence-corrected chi connectivity index (χ0v) is 21.9. The Labute approximate surface area is 223 Å². The molecule has 0 radical (unpaired) electrons. The number of halogens is 1. The third-order valence-electron chi connectivity index (χ3n) is 6.39. The van der Waals surface area contributed by atoms with Gasteiger partial charge in [0.2, 0.25) is 5.91 Å². The van der Waals surface area contributed by atoms with Crippen LogP contribution in [0.2, 0.25) is 5.02 Å². The zero-order chi connectivity index (χ0) is 26.0. The van der Waals surface area contributed by atoms with Gasteiger partial charge in [-0.1, -0.05) is 73.5 Å². The number of carbonyl (C=O) groups excluding carboxylic acids is 2. The van der Waals surface area contributed by atoms with Crippen molar-refractivity contribution in [2.24, 2.45) is 0 Å². The quantitative estimate of drug-likeness (QED) is 0.232. The van der Waals surface area contributed by atoms with Crippen LogP contribution in [0, 0.1) is 0 Å². The second-order valence-electron chi connectivity index (χ2n) is 9.12. The number of benzene rings is 3. The molecule has 0 saturated carbocycles. The standard InChI is InChI=1S/C30H33ClN4O2/c1-2-3-18-35(30(37)33-26-15-13-25(31)14-16-26)22-29(36)34(21-23-9-5-4-6-10-23)19-17-24-20-32-28-12-8-7-11-27(24)28/h4-16,20,32H,2-3,17-19,21-22H2,1H3,(H,33,37). The van der Waals surface area contributed by atoms with Crippen molar-refractivity contribution in [2.75, 3.05) is 25.0 Å². The lowest BCUT2D eigenvalue weighted by Crippen LogP contribution is -2.45. The fourth-order valence-corrected chi connectivity index (χ4v) is 4.42. The van der Waals surface area contributed by atoms with Crippen LogP contribution in [0.4, 0.5) is 10.5 Å². The molecule has 0 aliphatic rings. The maximum absolute atomic E-state index is 13.6. The summed E-state index contributed by atoms with van der Waals surface area (Å²) < 4.78 is 0. The topological polar surface area (TPSA) is 68.4 Å². The molecule has 3 amide bonds. The Morgan fingerprint density at radius 2 is 1.62 bits per heavy atom. The summed E-state index contributed by atoms with van der Waals surface area (Å²) in [6.07, 6.45) is 4.47. The van der Waals surface area contributed by atoms with Crippen molar-refractivity contribution in [1.29, 1.82) is 0 Å². The Kier molecular flexibility index (Phi) is 9.22. The first kappa shape index (κ1) is 26.3. The molecule has 1 aromatic heterocycles. The van der Waals surface area contributed by atoms with Crippen LogP contribution < -0.4 is 5.32 Å². The van der Waals surface area contributed by atoms with Gasteiger partial charge < -0.3 is 20.1 Å². The van der Waals surface area contributed by atoms with E-state index in [-0.39, 0.29) is 18.5 Å². The number of hydrogen-bond acceptors (Lipinski definition) is 2. The molecule has 3 aromatic carbocycles. The summed E-state index contributed by atoms with van der Waals surface area (Å²) in [4.78, 5) is 33.5. The number of para-hydroxylation sites is 1. The summed E-state index contributed by atoms with van der Waals surface area (Å²) in [5, 5.41) is 4.67. The molecule has 0 saturated heterocycles. The lowest BCUT2D eigenvalue weighted by Gasteiger charge is -2.28. The van der Waals surface area contributed by atoms with Crippen molar-refractivity contribution in [1.82, 2.24) is 14.8 Å². The van der Waals surface area contributed by atoms with Crippen LogP contribution in [0.5, 0.6) is 0 Å². The molecule has 1 heterocycles. The highest BCUT2D eigenvalue weighted by atomic mass is 35.5. The first-order valence-electron chi connectivity index (χ1n) is 12.7. The number of anilines is 1. The van der Waals surface area contributed by atoms with Crippen LogP contribution in [-0.2, 0) is 17.8 Å². The van der Waals surface area contributed by atoms with Crippen molar-refractivity contribution >= 4 is 40.1 Å². The second kappa shape index (κ2) is 13.0.